The SMILES string of the molecule is CCCCCCC(C)Nc1cc(N)nc(CCC)n1. The quantitative estimate of drug-likeness (QED) is 0.666. The van der Waals surface area contributed by atoms with E-state index in [1.165, 1.54) is 32.1 Å². The molecule has 4 nitrogen and oxygen atoms in total. The summed E-state index contributed by atoms with van der Waals surface area (Å²) in [7, 11) is 0. The van der Waals surface area contributed by atoms with E-state index in [1.807, 2.05) is 6.07 Å². The predicted molar refractivity (Wildman–Crippen MR) is 82.3 cm³/mol. The Hall–Kier alpha value is -1.32. The number of unbranched alkanes of at least 4 members (excludes halogenated alkanes) is 3. The monoisotopic (exact) mass is 264 g/mol. The number of rotatable bonds is 9. The van der Waals surface area contributed by atoms with E-state index >= 15 is 0 Å². The van der Waals surface area contributed by atoms with Crippen LogP contribution in [0.2, 0.25) is 0 Å². The van der Waals surface area contributed by atoms with Gasteiger partial charge in [0.1, 0.15) is 17.5 Å². The highest BCUT2D eigenvalue weighted by Crippen LogP contribution is 2.13. The van der Waals surface area contributed by atoms with Crippen molar-refractivity contribution in [3.63, 3.8) is 0 Å². The molecule has 0 fully saturated rings. The lowest BCUT2D eigenvalue weighted by Crippen LogP contribution is -2.17. The zero-order chi connectivity index (χ0) is 14.1. The first-order chi connectivity index (χ1) is 9.15. The summed E-state index contributed by atoms with van der Waals surface area (Å²) in [6.45, 7) is 6.56. The minimum absolute atomic E-state index is 0.431. The van der Waals surface area contributed by atoms with E-state index in [0.29, 0.717) is 11.9 Å². The molecule has 0 saturated heterocycles. The Kier molecular flexibility index (Phi) is 7.23. The Balaban J connectivity index is 2.46. The van der Waals surface area contributed by atoms with Gasteiger partial charge in [0.2, 0.25) is 0 Å². The molecule has 1 aromatic rings. The van der Waals surface area contributed by atoms with Gasteiger partial charge in [0.05, 0.1) is 0 Å². The summed E-state index contributed by atoms with van der Waals surface area (Å²) in [5, 5.41) is 3.43. The van der Waals surface area contributed by atoms with E-state index < -0.39 is 0 Å². The maximum atomic E-state index is 5.81. The van der Waals surface area contributed by atoms with Gasteiger partial charge < -0.3 is 11.1 Å². The molecule has 0 spiro atoms. The molecule has 108 valence electrons. The lowest BCUT2D eigenvalue weighted by atomic mass is 10.1. The van der Waals surface area contributed by atoms with Gasteiger partial charge in [0, 0.05) is 18.5 Å². The molecule has 0 radical (unpaired) electrons. The zero-order valence-corrected chi connectivity index (χ0v) is 12.6. The Morgan fingerprint density at radius 1 is 1.16 bits per heavy atom. The molecule has 1 aromatic heterocycles. The molecule has 0 aliphatic carbocycles. The Morgan fingerprint density at radius 3 is 2.63 bits per heavy atom. The first-order valence-corrected chi connectivity index (χ1v) is 7.55. The van der Waals surface area contributed by atoms with Gasteiger partial charge in [-0.1, -0.05) is 39.5 Å². The molecule has 1 unspecified atom stereocenters. The van der Waals surface area contributed by atoms with Crippen molar-refractivity contribution in [2.75, 3.05) is 11.1 Å². The van der Waals surface area contributed by atoms with E-state index in [2.05, 4.69) is 36.1 Å². The van der Waals surface area contributed by atoms with Gasteiger partial charge in [-0.15, -0.1) is 0 Å². The summed E-state index contributed by atoms with van der Waals surface area (Å²) in [6, 6.07) is 2.25. The zero-order valence-electron chi connectivity index (χ0n) is 12.6. The average molecular weight is 264 g/mol. The fourth-order valence-electron chi connectivity index (χ4n) is 2.13. The predicted octanol–water partition coefficient (Wildman–Crippen LogP) is 3.78. The number of anilines is 2. The summed E-state index contributed by atoms with van der Waals surface area (Å²) >= 11 is 0. The third-order valence-corrected chi connectivity index (χ3v) is 3.15. The molecule has 0 saturated carbocycles. The molecular formula is C15H28N4. The summed E-state index contributed by atoms with van der Waals surface area (Å²) in [4.78, 5) is 8.75. The van der Waals surface area contributed by atoms with Crippen LogP contribution in [0.25, 0.3) is 0 Å². The Bertz CT molecular complexity index is 365. The van der Waals surface area contributed by atoms with E-state index in [9.17, 15) is 0 Å². The van der Waals surface area contributed by atoms with Gasteiger partial charge in [0.15, 0.2) is 0 Å². The smallest absolute Gasteiger partial charge is 0.133 e. The van der Waals surface area contributed by atoms with Crippen molar-refractivity contribution in [1.82, 2.24) is 9.97 Å². The van der Waals surface area contributed by atoms with E-state index in [1.54, 1.807) is 0 Å². The molecule has 1 rings (SSSR count). The molecule has 0 aliphatic heterocycles. The second kappa shape index (κ2) is 8.73. The van der Waals surface area contributed by atoms with Crippen molar-refractivity contribution < 1.29 is 0 Å². The number of nitrogen functional groups attached to an aromatic ring is 1. The number of aromatic nitrogens is 2. The van der Waals surface area contributed by atoms with Gasteiger partial charge in [0.25, 0.3) is 0 Å². The van der Waals surface area contributed by atoms with E-state index in [-0.39, 0.29) is 0 Å². The molecule has 3 N–H and O–H groups in total. The second-order valence-electron chi connectivity index (χ2n) is 5.24. The van der Waals surface area contributed by atoms with E-state index in [0.717, 1.165) is 24.5 Å². The van der Waals surface area contributed by atoms with Crippen LogP contribution in [0.1, 0.15) is 65.1 Å². The number of hydrogen-bond acceptors (Lipinski definition) is 4. The molecule has 4 heteroatoms. The number of nitrogens with one attached hydrogen (secondary N) is 1. The lowest BCUT2D eigenvalue weighted by Gasteiger charge is -2.15. The van der Waals surface area contributed by atoms with Crippen LogP contribution in [0.15, 0.2) is 6.07 Å². The first kappa shape index (κ1) is 15.7. The maximum absolute atomic E-state index is 5.81. The van der Waals surface area contributed by atoms with Gasteiger partial charge in [-0.3, -0.25) is 0 Å². The Morgan fingerprint density at radius 2 is 1.95 bits per heavy atom. The summed E-state index contributed by atoms with van der Waals surface area (Å²) in [6.07, 6.45) is 8.28. The van der Waals surface area contributed by atoms with Crippen LogP contribution in [0, 0.1) is 0 Å². The van der Waals surface area contributed by atoms with Crippen LogP contribution in [0.5, 0.6) is 0 Å². The fourth-order valence-corrected chi connectivity index (χ4v) is 2.13. The topological polar surface area (TPSA) is 63.8 Å². The van der Waals surface area contributed by atoms with Crippen LogP contribution in [-0.4, -0.2) is 16.0 Å². The molecule has 0 aromatic carbocycles. The van der Waals surface area contributed by atoms with Crippen molar-refractivity contribution in [3.05, 3.63) is 11.9 Å². The van der Waals surface area contributed by atoms with Gasteiger partial charge in [-0.25, -0.2) is 9.97 Å². The van der Waals surface area contributed by atoms with Crippen molar-refractivity contribution in [3.8, 4) is 0 Å². The molecule has 1 heterocycles. The number of aryl methyl sites for hydroxylation is 1. The number of hydrogen-bond donors (Lipinski definition) is 2. The molecule has 0 amide bonds. The minimum Gasteiger partial charge on any atom is -0.384 e. The van der Waals surface area contributed by atoms with Gasteiger partial charge in [-0.05, 0) is 19.8 Å². The summed E-state index contributed by atoms with van der Waals surface area (Å²) in [5.41, 5.74) is 5.81. The largest absolute Gasteiger partial charge is 0.384 e. The van der Waals surface area contributed by atoms with Crippen molar-refractivity contribution in [2.45, 2.75) is 71.8 Å². The molecular weight excluding hydrogens is 236 g/mol. The highest BCUT2D eigenvalue weighted by Gasteiger charge is 2.06. The standard InChI is InChI=1S/C15H28N4/c1-4-6-7-8-10-12(3)17-15-11-13(16)18-14(19-15)9-5-2/h11-12H,4-10H2,1-3H3,(H3,16,17,18,19). The van der Waals surface area contributed by atoms with Crippen LogP contribution in [0.3, 0.4) is 0 Å². The summed E-state index contributed by atoms with van der Waals surface area (Å²) in [5.74, 6) is 2.25. The lowest BCUT2D eigenvalue weighted by molar-refractivity contribution is 0.592. The van der Waals surface area contributed by atoms with Crippen LogP contribution in [-0.2, 0) is 6.42 Å². The van der Waals surface area contributed by atoms with Gasteiger partial charge in [-0.2, -0.15) is 0 Å². The van der Waals surface area contributed by atoms with Crippen molar-refractivity contribution >= 4 is 11.6 Å². The average Bonchev–Trinajstić information content (AvgIpc) is 2.34. The summed E-state index contributed by atoms with van der Waals surface area (Å²) < 4.78 is 0. The number of nitrogens with two attached hydrogens (primary N) is 1. The maximum Gasteiger partial charge on any atom is 0.133 e. The molecule has 1 atom stereocenters. The normalized spacial score (nSPS) is 12.4. The minimum atomic E-state index is 0.431. The van der Waals surface area contributed by atoms with Crippen LogP contribution >= 0.6 is 0 Å². The second-order valence-corrected chi connectivity index (χ2v) is 5.24. The fraction of sp³-hybridized carbons (Fsp3) is 0.733. The van der Waals surface area contributed by atoms with Gasteiger partial charge >= 0.3 is 0 Å². The Labute approximate surface area is 117 Å². The molecule has 0 bridgehead atoms. The first-order valence-electron chi connectivity index (χ1n) is 7.55. The van der Waals surface area contributed by atoms with E-state index in [4.69, 9.17) is 5.73 Å². The van der Waals surface area contributed by atoms with Crippen molar-refractivity contribution in [1.29, 1.82) is 0 Å². The highest BCUT2D eigenvalue weighted by molar-refractivity contribution is 5.45. The highest BCUT2D eigenvalue weighted by atomic mass is 15.1. The van der Waals surface area contributed by atoms with Crippen LogP contribution in [0.4, 0.5) is 11.6 Å². The number of nitrogens with zero attached hydrogens (tertiary/aromatic N) is 2. The molecule has 19 heavy (non-hydrogen) atoms. The third kappa shape index (κ3) is 6.41. The van der Waals surface area contributed by atoms with Crippen LogP contribution < -0.4 is 11.1 Å². The third-order valence-electron chi connectivity index (χ3n) is 3.15. The van der Waals surface area contributed by atoms with Crippen molar-refractivity contribution in [2.24, 2.45) is 0 Å². The molecule has 0 aliphatic rings.